The first kappa shape index (κ1) is 15.0. The van der Waals surface area contributed by atoms with E-state index in [1.807, 2.05) is 11.2 Å². The molecule has 110 valence electrons. The lowest BCUT2D eigenvalue weighted by Crippen LogP contribution is -2.42. The number of piperidine rings is 1. The van der Waals surface area contributed by atoms with Crippen LogP contribution in [0.1, 0.15) is 23.2 Å². The van der Waals surface area contributed by atoms with E-state index in [1.165, 1.54) is 12.5 Å². The van der Waals surface area contributed by atoms with Crippen LogP contribution in [0.4, 0.5) is 0 Å². The van der Waals surface area contributed by atoms with Crippen molar-refractivity contribution in [3.63, 3.8) is 0 Å². The summed E-state index contributed by atoms with van der Waals surface area (Å²) in [5, 5.41) is 2.92. The maximum absolute atomic E-state index is 11.8. The smallest absolute Gasteiger partial charge is 0.254 e. The molecule has 2 heterocycles. The number of furan rings is 1. The van der Waals surface area contributed by atoms with Crippen molar-refractivity contribution in [3.05, 3.63) is 24.2 Å². The lowest BCUT2D eigenvalue weighted by Gasteiger charge is -2.32. The predicted molar refractivity (Wildman–Crippen MR) is 78.7 cm³/mol. The van der Waals surface area contributed by atoms with Crippen molar-refractivity contribution in [2.45, 2.75) is 12.8 Å². The van der Waals surface area contributed by atoms with Gasteiger partial charge in [0.2, 0.25) is 5.91 Å². The number of amides is 2. The molecule has 2 amide bonds. The van der Waals surface area contributed by atoms with Crippen LogP contribution in [0.2, 0.25) is 0 Å². The summed E-state index contributed by atoms with van der Waals surface area (Å²) in [5.74, 6) is 1.13. The number of hydrogen-bond donors (Lipinski definition) is 1. The molecule has 0 radical (unpaired) electrons. The van der Waals surface area contributed by atoms with Gasteiger partial charge in [0.25, 0.3) is 5.91 Å². The second-order valence-corrected chi connectivity index (χ2v) is 5.85. The van der Waals surface area contributed by atoms with Crippen LogP contribution < -0.4 is 5.32 Å². The number of thioether (sulfide) groups is 1. The Hall–Kier alpha value is -1.43. The Morgan fingerprint density at radius 2 is 2.20 bits per heavy atom. The third kappa shape index (κ3) is 4.03. The van der Waals surface area contributed by atoms with Gasteiger partial charge in [0.15, 0.2) is 0 Å². The molecule has 0 aromatic carbocycles. The normalized spacial score (nSPS) is 16.1. The molecular weight excluding hydrogens is 276 g/mol. The van der Waals surface area contributed by atoms with Gasteiger partial charge in [-0.05, 0) is 31.1 Å². The van der Waals surface area contributed by atoms with Gasteiger partial charge in [-0.15, -0.1) is 0 Å². The van der Waals surface area contributed by atoms with Crippen LogP contribution in [-0.2, 0) is 4.79 Å². The molecule has 1 aromatic heterocycles. The van der Waals surface area contributed by atoms with Gasteiger partial charge in [-0.1, -0.05) is 0 Å². The molecule has 1 N–H and O–H groups in total. The number of likely N-dealkylation sites (tertiary alicyclic amines) is 1. The van der Waals surface area contributed by atoms with Crippen molar-refractivity contribution in [3.8, 4) is 0 Å². The molecule has 0 bridgehead atoms. The van der Waals surface area contributed by atoms with Crippen molar-refractivity contribution >= 4 is 23.6 Å². The molecule has 0 saturated carbocycles. The molecule has 6 heteroatoms. The fourth-order valence-corrected chi connectivity index (χ4v) is 2.76. The number of hydrogen-bond acceptors (Lipinski definition) is 4. The van der Waals surface area contributed by atoms with Crippen LogP contribution in [0.25, 0.3) is 0 Å². The molecule has 20 heavy (non-hydrogen) atoms. The summed E-state index contributed by atoms with van der Waals surface area (Å²) in [7, 11) is 0. The quantitative estimate of drug-likeness (QED) is 0.896. The first-order valence-electron chi connectivity index (χ1n) is 6.78. The number of carbonyl (C=O) groups excluding carboxylic acids is 2. The fraction of sp³-hybridized carbons (Fsp3) is 0.571. The average molecular weight is 296 g/mol. The summed E-state index contributed by atoms with van der Waals surface area (Å²) >= 11 is 1.56. The SMILES string of the molecule is CSCC(=O)N1CCC(CNC(=O)c2ccoc2)CC1. The highest BCUT2D eigenvalue weighted by Crippen LogP contribution is 2.17. The third-order valence-electron chi connectivity index (χ3n) is 3.57. The minimum atomic E-state index is -0.0976. The highest BCUT2D eigenvalue weighted by atomic mass is 32.2. The average Bonchev–Trinajstić information content (AvgIpc) is 3.00. The molecule has 0 spiro atoms. The number of rotatable bonds is 5. The van der Waals surface area contributed by atoms with Crippen LogP contribution in [0.3, 0.4) is 0 Å². The van der Waals surface area contributed by atoms with Gasteiger partial charge in [0.1, 0.15) is 6.26 Å². The lowest BCUT2D eigenvalue weighted by molar-refractivity contribution is -0.129. The van der Waals surface area contributed by atoms with Gasteiger partial charge in [-0.25, -0.2) is 0 Å². The highest BCUT2D eigenvalue weighted by molar-refractivity contribution is 7.99. The highest BCUT2D eigenvalue weighted by Gasteiger charge is 2.22. The van der Waals surface area contributed by atoms with Crippen molar-refractivity contribution < 1.29 is 14.0 Å². The van der Waals surface area contributed by atoms with E-state index in [0.717, 1.165) is 25.9 Å². The van der Waals surface area contributed by atoms with Crippen LogP contribution in [0.15, 0.2) is 23.0 Å². The van der Waals surface area contributed by atoms with E-state index in [4.69, 9.17) is 4.42 Å². The summed E-state index contributed by atoms with van der Waals surface area (Å²) < 4.78 is 4.88. The van der Waals surface area contributed by atoms with Gasteiger partial charge in [0, 0.05) is 19.6 Å². The van der Waals surface area contributed by atoms with E-state index in [-0.39, 0.29) is 11.8 Å². The molecule has 0 aliphatic carbocycles. The molecule has 1 aromatic rings. The summed E-state index contributed by atoms with van der Waals surface area (Å²) in [4.78, 5) is 25.4. The molecule has 0 atom stereocenters. The summed E-state index contributed by atoms with van der Waals surface area (Å²) in [6.45, 7) is 2.26. The summed E-state index contributed by atoms with van der Waals surface area (Å²) in [6.07, 6.45) is 6.78. The first-order valence-corrected chi connectivity index (χ1v) is 8.17. The van der Waals surface area contributed by atoms with Crippen molar-refractivity contribution in [1.29, 1.82) is 0 Å². The van der Waals surface area contributed by atoms with Crippen molar-refractivity contribution in [1.82, 2.24) is 10.2 Å². The Morgan fingerprint density at radius 1 is 1.45 bits per heavy atom. The fourth-order valence-electron chi connectivity index (χ4n) is 2.33. The topological polar surface area (TPSA) is 62.6 Å². The van der Waals surface area contributed by atoms with E-state index in [1.54, 1.807) is 17.8 Å². The number of nitrogens with one attached hydrogen (secondary N) is 1. The monoisotopic (exact) mass is 296 g/mol. The Balaban J connectivity index is 1.69. The summed E-state index contributed by atoms with van der Waals surface area (Å²) in [6, 6.07) is 1.65. The number of carbonyl (C=O) groups is 2. The number of nitrogens with zero attached hydrogens (tertiary/aromatic N) is 1. The van der Waals surface area contributed by atoms with E-state index >= 15 is 0 Å². The van der Waals surface area contributed by atoms with Gasteiger partial charge in [-0.2, -0.15) is 11.8 Å². The molecule has 1 saturated heterocycles. The zero-order valence-corrected chi connectivity index (χ0v) is 12.4. The van der Waals surface area contributed by atoms with Crippen molar-refractivity contribution in [2.75, 3.05) is 31.6 Å². The van der Waals surface area contributed by atoms with E-state index in [9.17, 15) is 9.59 Å². The summed E-state index contributed by atoms with van der Waals surface area (Å²) in [5.41, 5.74) is 0.553. The first-order chi connectivity index (χ1) is 9.70. The minimum Gasteiger partial charge on any atom is -0.472 e. The van der Waals surface area contributed by atoms with Crippen LogP contribution in [0.5, 0.6) is 0 Å². The minimum absolute atomic E-state index is 0.0976. The van der Waals surface area contributed by atoms with Crippen LogP contribution in [0, 0.1) is 5.92 Å². The lowest BCUT2D eigenvalue weighted by atomic mass is 9.96. The molecule has 1 fully saturated rings. The van der Waals surface area contributed by atoms with Gasteiger partial charge < -0.3 is 14.6 Å². The van der Waals surface area contributed by atoms with Crippen LogP contribution in [-0.4, -0.2) is 48.4 Å². The maximum atomic E-state index is 11.8. The molecule has 5 nitrogen and oxygen atoms in total. The Kier molecular flexibility index (Phi) is 5.52. The molecule has 1 aliphatic rings. The van der Waals surface area contributed by atoms with E-state index in [0.29, 0.717) is 23.8 Å². The largest absolute Gasteiger partial charge is 0.472 e. The van der Waals surface area contributed by atoms with E-state index < -0.39 is 0 Å². The van der Waals surface area contributed by atoms with Gasteiger partial charge in [0.05, 0.1) is 17.6 Å². The third-order valence-corrected chi connectivity index (χ3v) is 4.11. The molecular formula is C14H20N2O3S. The zero-order valence-electron chi connectivity index (χ0n) is 11.6. The Morgan fingerprint density at radius 3 is 2.80 bits per heavy atom. The van der Waals surface area contributed by atoms with Crippen molar-refractivity contribution in [2.24, 2.45) is 5.92 Å². The molecule has 0 unspecified atom stereocenters. The van der Waals surface area contributed by atoms with Gasteiger partial charge >= 0.3 is 0 Å². The second-order valence-electron chi connectivity index (χ2n) is 4.98. The zero-order chi connectivity index (χ0) is 14.4. The second kappa shape index (κ2) is 7.38. The molecule has 2 rings (SSSR count). The standard InChI is InChI=1S/C14H20N2O3S/c1-20-10-13(17)16-5-2-11(3-6-16)8-15-14(18)12-4-7-19-9-12/h4,7,9,11H,2-3,5-6,8,10H2,1H3,(H,15,18). The maximum Gasteiger partial charge on any atom is 0.254 e. The molecule has 1 aliphatic heterocycles. The van der Waals surface area contributed by atoms with Crippen LogP contribution >= 0.6 is 11.8 Å². The van der Waals surface area contributed by atoms with Gasteiger partial charge in [-0.3, -0.25) is 9.59 Å². The predicted octanol–water partition coefficient (Wildman–Crippen LogP) is 1.61. The van der Waals surface area contributed by atoms with E-state index in [2.05, 4.69) is 5.32 Å². The Bertz CT molecular complexity index is 439. The Labute approximate surface area is 123 Å².